The number of rotatable bonds is 4. The summed E-state index contributed by atoms with van der Waals surface area (Å²) < 4.78 is 5.46. The van der Waals surface area contributed by atoms with Crippen LogP contribution in [0.4, 0.5) is 0 Å². The van der Waals surface area contributed by atoms with Crippen LogP contribution in [0.2, 0.25) is 0 Å². The van der Waals surface area contributed by atoms with Gasteiger partial charge in [0.2, 0.25) is 0 Å². The lowest BCUT2D eigenvalue weighted by Gasteiger charge is -2.22. The zero-order chi connectivity index (χ0) is 18.0. The summed E-state index contributed by atoms with van der Waals surface area (Å²) in [6, 6.07) is 1.83. The molecule has 3 heterocycles. The van der Waals surface area contributed by atoms with E-state index in [0.717, 1.165) is 41.5 Å². The van der Waals surface area contributed by atoms with E-state index in [1.807, 2.05) is 19.9 Å². The molecule has 0 bridgehead atoms. The van der Waals surface area contributed by atoms with Gasteiger partial charge in [-0.1, -0.05) is 0 Å². The van der Waals surface area contributed by atoms with Crippen molar-refractivity contribution in [1.29, 1.82) is 0 Å². The second-order valence-electron chi connectivity index (χ2n) is 6.46. The average Bonchev–Trinajstić information content (AvgIpc) is 2.90. The van der Waals surface area contributed by atoms with E-state index in [1.165, 1.54) is 0 Å². The zero-order valence-corrected chi connectivity index (χ0v) is 18.0. The second-order valence-corrected chi connectivity index (χ2v) is 7.75. The molecule has 2 N–H and O–H groups in total. The molecule has 1 unspecified atom stereocenters. The first-order valence-electron chi connectivity index (χ1n) is 8.52. The fourth-order valence-corrected chi connectivity index (χ4v) is 4.06. The summed E-state index contributed by atoms with van der Waals surface area (Å²) in [5.74, 6) is 0.463. The van der Waals surface area contributed by atoms with Gasteiger partial charge in [0.05, 0.1) is 17.2 Å². The van der Waals surface area contributed by atoms with E-state index in [9.17, 15) is 9.59 Å². The summed E-state index contributed by atoms with van der Waals surface area (Å²) in [6.07, 6.45) is 2.05. The molecular formula is C18H25Cl2N3O3S. The minimum absolute atomic E-state index is 0. The molecule has 3 rings (SSSR count). The van der Waals surface area contributed by atoms with Gasteiger partial charge in [0.25, 0.3) is 5.91 Å². The number of hydrogen-bond acceptors (Lipinski definition) is 6. The Morgan fingerprint density at radius 1 is 1.37 bits per heavy atom. The third kappa shape index (κ3) is 5.54. The fraction of sp³-hybridized carbons (Fsp3) is 0.500. The van der Waals surface area contributed by atoms with E-state index in [4.69, 9.17) is 4.42 Å². The van der Waals surface area contributed by atoms with Gasteiger partial charge in [0, 0.05) is 17.3 Å². The number of carbonyl (C=O) groups is 1. The molecule has 0 saturated carbocycles. The van der Waals surface area contributed by atoms with Gasteiger partial charge < -0.3 is 15.1 Å². The summed E-state index contributed by atoms with van der Waals surface area (Å²) in [5.41, 5.74) is 1.10. The lowest BCUT2D eigenvalue weighted by molar-refractivity contribution is 0.0946. The number of aryl methyl sites for hydroxylation is 3. The number of nitrogens with zero attached hydrogens (tertiary/aromatic N) is 1. The van der Waals surface area contributed by atoms with Crippen molar-refractivity contribution in [2.24, 2.45) is 0 Å². The summed E-state index contributed by atoms with van der Waals surface area (Å²) in [7, 11) is 0. The molecule has 0 aliphatic carbocycles. The first kappa shape index (κ1) is 23.6. The van der Waals surface area contributed by atoms with Crippen molar-refractivity contribution in [3.63, 3.8) is 0 Å². The zero-order valence-electron chi connectivity index (χ0n) is 15.6. The molecule has 0 aromatic carbocycles. The highest BCUT2D eigenvalue weighted by Crippen LogP contribution is 2.23. The molecule has 2 aromatic heterocycles. The number of nitrogens with one attached hydrogen (secondary N) is 2. The molecule has 0 spiro atoms. The summed E-state index contributed by atoms with van der Waals surface area (Å²) in [5, 5.41) is 7.08. The lowest BCUT2D eigenvalue weighted by Crippen LogP contribution is -2.31. The molecule has 1 amide bonds. The Hall–Kier alpha value is -1.41. The maximum Gasteiger partial charge on any atom is 0.349 e. The second kappa shape index (κ2) is 10.2. The van der Waals surface area contributed by atoms with Crippen molar-refractivity contribution < 1.29 is 9.21 Å². The van der Waals surface area contributed by atoms with E-state index in [0.29, 0.717) is 17.9 Å². The molecule has 1 aliphatic rings. The van der Waals surface area contributed by atoms with Crippen molar-refractivity contribution in [3.05, 3.63) is 49.0 Å². The topological polar surface area (TPSA) is 84.2 Å². The van der Waals surface area contributed by atoms with Crippen LogP contribution >= 0.6 is 36.2 Å². The van der Waals surface area contributed by atoms with Gasteiger partial charge in [-0.25, -0.2) is 9.78 Å². The highest BCUT2D eigenvalue weighted by atomic mass is 35.5. The highest BCUT2D eigenvalue weighted by molar-refractivity contribution is 7.11. The molecule has 2 aromatic rings. The SMILES string of the molecule is Cc1nc(C)c(CNC(=O)c2c(C)cc(C3CCCNC3)oc2=O)s1.Cl.Cl. The summed E-state index contributed by atoms with van der Waals surface area (Å²) >= 11 is 1.55. The van der Waals surface area contributed by atoms with Gasteiger partial charge in [-0.3, -0.25) is 4.79 Å². The average molecular weight is 434 g/mol. The van der Waals surface area contributed by atoms with Crippen LogP contribution in [0.3, 0.4) is 0 Å². The molecule has 1 saturated heterocycles. The smallest absolute Gasteiger partial charge is 0.349 e. The molecule has 1 aliphatic heterocycles. The van der Waals surface area contributed by atoms with Gasteiger partial charge in [-0.2, -0.15) is 0 Å². The molecule has 1 atom stereocenters. The molecule has 9 heteroatoms. The van der Waals surface area contributed by atoms with E-state index in [-0.39, 0.29) is 36.3 Å². The Kier molecular flexibility index (Phi) is 8.94. The molecule has 0 radical (unpaired) electrons. The normalized spacial score (nSPS) is 16.2. The van der Waals surface area contributed by atoms with Gasteiger partial charge in [-0.15, -0.1) is 36.2 Å². The van der Waals surface area contributed by atoms with Crippen LogP contribution in [0.5, 0.6) is 0 Å². The first-order chi connectivity index (χ1) is 12.0. The van der Waals surface area contributed by atoms with Crippen LogP contribution in [-0.2, 0) is 6.54 Å². The minimum Gasteiger partial charge on any atom is -0.427 e. The third-order valence-electron chi connectivity index (χ3n) is 4.50. The van der Waals surface area contributed by atoms with Gasteiger partial charge >= 0.3 is 5.63 Å². The molecular weight excluding hydrogens is 409 g/mol. The Labute approximate surface area is 175 Å². The number of piperidine rings is 1. The lowest BCUT2D eigenvalue weighted by atomic mass is 9.95. The van der Waals surface area contributed by atoms with Crippen molar-refractivity contribution in [2.45, 2.75) is 46.1 Å². The Bertz CT molecular complexity index is 845. The number of aromatic nitrogens is 1. The van der Waals surface area contributed by atoms with Crippen molar-refractivity contribution in [3.8, 4) is 0 Å². The predicted molar refractivity (Wildman–Crippen MR) is 112 cm³/mol. The number of halogens is 2. The Morgan fingerprint density at radius 3 is 2.67 bits per heavy atom. The molecule has 6 nitrogen and oxygen atoms in total. The maximum atomic E-state index is 12.5. The van der Waals surface area contributed by atoms with Crippen LogP contribution in [-0.4, -0.2) is 24.0 Å². The first-order valence-corrected chi connectivity index (χ1v) is 9.34. The van der Waals surface area contributed by atoms with Crippen LogP contribution in [0.25, 0.3) is 0 Å². The maximum absolute atomic E-state index is 12.5. The Balaban J connectivity index is 0.00000182. The molecule has 150 valence electrons. The molecule has 27 heavy (non-hydrogen) atoms. The standard InChI is InChI=1S/C18H23N3O3S.2ClH/c1-10-7-14(13-5-4-6-19-8-13)24-18(23)16(10)17(22)20-9-15-11(2)21-12(3)25-15;;/h7,13,19H,4-6,8-9H2,1-3H3,(H,20,22);2*1H. The number of amides is 1. The van der Waals surface area contributed by atoms with E-state index in [2.05, 4.69) is 15.6 Å². The van der Waals surface area contributed by atoms with Gasteiger partial charge in [0.1, 0.15) is 11.3 Å². The van der Waals surface area contributed by atoms with Gasteiger partial charge in [0.15, 0.2) is 0 Å². The summed E-state index contributed by atoms with van der Waals surface area (Å²) in [6.45, 7) is 7.80. The van der Waals surface area contributed by atoms with Crippen LogP contribution < -0.4 is 16.3 Å². The van der Waals surface area contributed by atoms with E-state index in [1.54, 1.807) is 18.3 Å². The van der Waals surface area contributed by atoms with Crippen LogP contribution in [0.1, 0.15) is 56.0 Å². The summed E-state index contributed by atoms with van der Waals surface area (Å²) in [4.78, 5) is 30.2. The van der Waals surface area contributed by atoms with Crippen molar-refractivity contribution in [2.75, 3.05) is 13.1 Å². The third-order valence-corrected chi connectivity index (χ3v) is 5.58. The van der Waals surface area contributed by atoms with Crippen molar-refractivity contribution in [1.82, 2.24) is 15.6 Å². The van der Waals surface area contributed by atoms with E-state index >= 15 is 0 Å². The quantitative estimate of drug-likeness (QED) is 0.772. The predicted octanol–water partition coefficient (Wildman–Crippen LogP) is 3.26. The van der Waals surface area contributed by atoms with Crippen LogP contribution in [0, 0.1) is 20.8 Å². The number of carbonyl (C=O) groups excluding carboxylic acids is 1. The van der Waals surface area contributed by atoms with E-state index < -0.39 is 11.5 Å². The highest BCUT2D eigenvalue weighted by Gasteiger charge is 2.22. The monoisotopic (exact) mass is 433 g/mol. The molecule has 1 fully saturated rings. The number of thiazole rings is 1. The Morgan fingerprint density at radius 2 is 2.11 bits per heavy atom. The minimum atomic E-state index is -0.560. The largest absolute Gasteiger partial charge is 0.427 e. The van der Waals surface area contributed by atoms with Gasteiger partial charge in [-0.05, 0) is 51.8 Å². The van der Waals surface area contributed by atoms with Crippen LogP contribution in [0.15, 0.2) is 15.3 Å². The fourth-order valence-electron chi connectivity index (χ4n) is 3.19. The van der Waals surface area contributed by atoms with Crippen molar-refractivity contribution >= 4 is 42.1 Å². The number of hydrogen-bond donors (Lipinski definition) is 2.